The molecule has 0 aliphatic rings. The highest BCUT2D eigenvalue weighted by Gasteiger charge is 2.75. The molecule has 1 rings (SSSR count). The molecule has 1 N–H and O–H groups in total. The van der Waals surface area contributed by atoms with Crippen LogP contribution in [0.5, 0.6) is 5.75 Å². The predicted molar refractivity (Wildman–Crippen MR) is 98.8 cm³/mol. The summed E-state index contributed by atoms with van der Waals surface area (Å²) < 4.78 is 117. The Morgan fingerprint density at radius 1 is 1.00 bits per heavy atom. The number of hydrogen-bond acceptors (Lipinski definition) is 6. The van der Waals surface area contributed by atoms with Crippen molar-refractivity contribution >= 4 is 56.5 Å². The Kier molecular flexibility index (Phi) is 8.29. The van der Waals surface area contributed by atoms with Crippen molar-refractivity contribution in [3.05, 3.63) is 29.8 Å². The van der Waals surface area contributed by atoms with Crippen LogP contribution in [0.1, 0.15) is 5.56 Å². The Balaban J connectivity index is 3.18. The largest absolute Gasteiger partial charge is 0.438 e. The summed E-state index contributed by atoms with van der Waals surface area (Å²) in [5.74, 6) is -7.33. The Bertz CT molecular complexity index is 1010. The van der Waals surface area contributed by atoms with E-state index in [2.05, 4.69) is 4.74 Å². The van der Waals surface area contributed by atoms with Crippen LogP contribution in [0, 0.1) is 0 Å². The van der Waals surface area contributed by atoms with Crippen molar-refractivity contribution in [3.63, 3.8) is 0 Å². The van der Waals surface area contributed by atoms with Gasteiger partial charge in [-0.1, -0.05) is 29.4 Å². The van der Waals surface area contributed by atoms with Gasteiger partial charge in [-0.3, -0.25) is 4.55 Å². The second-order valence-electron chi connectivity index (χ2n) is 6.03. The maximum absolute atomic E-state index is 13.1. The van der Waals surface area contributed by atoms with E-state index in [0.717, 1.165) is 6.07 Å². The fourth-order valence-corrected chi connectivity index (χ4v) is 3.12. The Morgan fingerprint density at radius 3 is 1.94 bits per heavy atom. The van der Waals surface area contributed by atoms with E-state index in [1.165, 1.54) is 6.07 Å². The molecular weight excluding hydrogens is 471 g/mol. The van der Waals surface area contributed by atoms with Crippen LogP contribution in [0.25, 0.3) is 0 Å². The summed E-state index contributed by atoms with van der Waals surface area (Å²) in [5, 5.41) is 0. The van der Waals surface area contributed by atoms with Gasteiger partial charge in [0.1, 0.15) is 27.2 Å². The van der Waals surface area contributed by atoms with Crippen molar-refractivity contribution in [1.82, 2.24) is 0 Å². The van der Waals surface area contributed by atoms with Crippen LogP contribution in [-0.4, -0.2) is 72.2 Å². The van der Waals surface area contributed by atoms with E-state index in [4.69, 9.17) is 32.8 Å². The fraction of sp³-hybridized carbons (Fsp3) is 0.333. The Morgan fingerprint density at radius 2 is 1.50 bits per heavy atom. The first kappa shape index (κ1) is 27.6. The predicted octanol–water partition coefficient (Wildman–Crippen LogP) is -0.301. The molecule has 168 valence electrons. The number of rotatable bonds is 7. The lowest BCUT2D eigenvalue weighted by atomic mass is 9.81. The summed E-state index contributed by atoms with van der Waals surface area (Å²) in [5.41, 5.74) is -5.58. The number of benzene rings is 1. The van der Waals surface area contributed by atoms with Gasteiger partial charge in [0.25, 0.3) is 10.1 Å². The Labute approximate surface area is 181 Å². The molecule has 1 aromatic rings. The number of ether oxygens (including phenoxy) is 2. The molecule has 0 heterocycles. The van der Waals surface area contributed by atoms with Crippen molar-refractivity contribution in [1.29, 1.82) is 0 Å². The average molecular weight is 480 g/mol. The first-order chi connectivity index (χ1) is 14.3. The minimum absolute atomic E-state index is 0.0867. The Hall–Kier alpha value is -2.42. The third-order valence-electron chi connectivity index (χ3n) is 3.57. The molecular formula is C15H9B3F6O7S. The standard InChI is InChI=1S/C15H9B3F6O7S/c16-5-7-3-8(17)4-9(18)12(7)30-10(25)1-2-11(26)31-13(14(19,20)21,15(22,23)24)6-32(27,28)29/h1-4H,5-6H2,(H,27,28,29)/b2-1-. The summed E-state index contributed by atoms with van der Waals surface area (Å²) in [6.45, 7) is 0. The van der Waals surface area contributed by atoms with Crippen molar-refractivity contribution in [2.45, 2.75) is 24.3 Å². The maximum atomic E-state index is 13.1. The average Bonchev–Trinajstić information content (AvgIpc) is 2.58. The zero-order valence-electron chi connectivity index (χ0n) is 15.5. The van der Waals surface area contributed by atoms with Gasteiger partial charge < -0.3 is 9.47 Å². The molecule has 0 aromatic heterocycles. The van der Waals surface area contributed by atoms with Gasteiger partial charge in [0, 0.05) is 12.2 Å². The van der Waals surface area contributed by atoms with Crippen LogP contribution in [0.3, 0.4) is 0 Å². The van der Waals surface area contributed by atoms with Crippen LogP contribution >= 0.6 is 0 Å². The number of carbonyl (C=O) groups excluding carboxylic acids is 2. The van der Waals surface area contributed by atoms with Crippen LogP contribution in [0.2, 0.25) is 0 Å². The molecule has 0 aliphatic heterocycles. The number of esters is 2. The summed E-state index contributed by atoms with van der Waals surface area (Å²) in [6.07, 6.45) is -13.4. The van der Waals surface area contributed by atoms with E-state index in [1.807, 2.05) is 0 Å². The minimum Gasteiger partial charge on any atom is -0.435 e. The highest BCUT2D eigenvalue weighted by molar-refractivity contribution is 7.85. The van der Waals surface area contributed by atoms with E-state index >= 15 is 0 Å². The van der Waals surface area contributed by atoms with Crippen molar-refractivity contribution in [2.75, 3.05) is 5.75 Å². The van der Waals surface area contributed by atoms with E-state index in [0.29, 0.717) is 0 Å². The molecule has 0 unspecified atom stereocenters. The van der Waals surface area contributed by atoms with E-state index in [9.17, 15) is 44.3 Å². The topological polar surface area (TPSA) is 107 Å². The monoisotopic (exact) mass is 480 g/mol. The quantitative estimate of drug-likeness (QED) is 0.143. The van der Waals surface area contributed by atoms with Gasteiger partial charge in [-0.2, -0.15) is 34.8 Å². The van der Waals surface area contributed by atoms with Crippen LogP contribution in [-0.2, 0) is 30.8 Å². The first-order valence-corrected chi connectivity index (χ1v) is 9.53. The van der Waals surface area contributed by atoms with Crippen molar-refractivity contribution in [3.8, 4) is 5.75 Å². The number of alkyl halides is 6. The van der Waals surface area contributed by atoms with Gasteiger partial charge in [-0.25, -0.2) is 9.59 Å². The second-order valence-corrected chi connectivity index (χ2v) is 7.48. The number of halogens is 6. The fourth-order valence-electron chi connectivity index (χ4n) is 2.22. The van der Waals surface area contributed by atoms with Gasteiger partial charge in [0.05, 0.1) is 7.85 Å². The minimum atomic E-state index is -6.51. The molecule has 32 heavy (non-hydrogen) atoms. The SMILES string of the molecule is [B]Cc1cc([B])cc([B])c1OC(=O)/C=C\C(=O)OC(CS(=O)(=O)O)(C(F)(F)F)C(F)(F)F. The normalized spacial score (nSPS) is 13.2. The van der Waals surface area contributed by atoms with Crippen molar-refractivity contribution in [2.24, 2.45) is 0 Å². The zero-order valence-corrected chi connectivity index (χ0v) is 16.3. The van der Waals surface area contributed by atoms with E-state index in [-0.39, 0.29) is 40.7 Å². The van der Waals surface area contributed by atoms with Gasteiger partial charge in [-0.05, 0) is 5.56 Å². The van der Waals surface area contributed by atoms with E-state index in [1.54, 1.807) is 0 Å². The third kappa shape index (κ3) is 6.79. The lowest BCUT2D eigenvalue weighted by Crippen LogP contribution is -2.63. The molecule has 0 atom stereocenters. The van der Waals surface area contributed by atoms with Crippen LogP contribution < -0.4 is 15.7 Å². The molecule has 6 radical (unpaired) electrons. The molecule has 0 amide bonds. The molecule has 0 saturated carbocycles. The highest BCUT2D eigenvalue weighted by atomic mass is 32.2. The molecule has 0 saturated heterocycles. The maximum Gasteiger partial charge on any atom is 0.438 e. The highest BCUT2D eigenvalue weighted by Crippen LogP contribution is 2.46. The van der Waals surface area contributed by atoms with Crippen LogP contribution in [0.15, 0.2) is 24.3 Å². The molecule has 17 heteroatoms. The lowest BCUT2D eigenvalue weighted by Gasteiger charge is -2.35. The number of hydrogen-bond donors (Lipinski definition) is 1. The molecule has 1 aromatic carbocycles. The summed E-state index contributed by atoms with van der Waals surface area (Å²) >= 11 is 0. The van der Waals surface area contributed by atoms with Gasteiger partial charge in [0.15, 0.2) is 0 Å². The molecule has 0 aliphatic carbocycles. The lowest BCUT2D eigenvalue weighted by molar-refractivity contribution is -0.360. The zero-order chi connectivity index (χ0) is 25.1. The number of carbonyl (C=O) groups is 2. The van der Waals surface area contributed by atoms with Crippen LogP contribution in [0.4, 0.5) is 26.3 Å². The van der Waals surface area contributed by atoms with Gasteiger partial charge in [0.2, 0.25) is 0 Å². The molecule has 7 nitrogen and oxygen atoms in total. The first-order valence-electron chi connectivity index (χ1n) is 7.92. The summed E-state index contributed by atoms with van der Waals surface area (Å²) in [4.78, 5) is 23.4. The smallest absolute Gasteiger partial charge is 0.435 e. The molecule has 0 fully saturated rings. The van der Waals surface area contributed by atoms with Gasteiger partial charge in [-0.15, -0.1) is 0 Å². The summed E-state index contributed by atoms with van der Waals surface area (Å²) in [6, 6.07) is 2.41. The van der Waals surface area contributed by atoms with Gasteiger partial charge >= 0.3 is 29.9 Å². The summed E-state index contributed by atoms with van der Waals surface area (Å²) in [7, 11) is 10.6. The third-order valence-corrected chi connectivity index (χ3v) is 4.34. The molecule has 0 spiro atoms. The van der Waals surface area contributed by atoms with Crippen molar-refractivity contribution < 1.29 is 58.4 Å². The van der Waals surface area contributed by atoms with E-state index < -0.39 is 45.8 Å². The second kappa shape index (κ2) is 9.61. The molecule has 0 bridgehead atoms.